The first-order valence-corrected chi connectivity index (χ1v) is 10.6. The van der Waals surface area contributed by atoms with Gasteiger partial charge in [-0.2, -0.15) is 0 Å². The quantitative estimate of drug-likeness (QED) is 0.476. The number of ether oxygens (including phenoxy) is 1. The van der Waals surface area contributed by atoms with Gasteiger partial charge in [0.1, 0.15) is 12.1 Å². The topological polar surface area (TPSA) is 105 Å². The molecule has 0 unspecified atom stereocenters. The molecular weight excluding hydrogens is 386 g/mol. The van der Waals surface area contributed by atoms with E-state index in [0.717, 1.165) is 37.0 Å². The SMILES string of the molecule is CCCC1(CCC)NC(=O)N(CC(=O)OCC(=O)Nc2ccc3c(c2)CCC3)C1=O. The number of amides is 4. The Morgan fingerprint density at radius 3 is 2.53 bits per heavy atom. The number of aryl methyl sites for hydroxylation is 2. The third-order valence-electron chi connectivity index (χ3n) is 5.63. The molecule has 30 heavy (non-hydrogen) atoms. The first-order valence-electron chi connectivity index (χ1n) is 10.6. The van der Waals surface area contributed by atoms with Gasteiger partial charge in [0.15, 0.2) is 6.61 Å². The Balaban J connectivity index is 1.51. The van der Waals surface area contributed by atoms with Gasteiger partial charge in [-0.3, -0.25) is 19.3 Å². The van der Waals surface area contributed by atoms with Crippen molar-refractivity contribution in [1.82, 2.24) is 10.2 Å². The fourth-order valence-corrected chi connectivity index (χ4v) is 4.30. The average Bonchev–Trinajstić information content (AvgIpc) is 3.25. The van der Waals surface area contributed by atoms with Crippen LogP contribution in [0.25, 0.3) is 0 Å². The predicted octanol–water partition coefficient (Wildman–Crippen LogP) is 2.55. The Labute approximate surface area is 176 Å². The van der Waals surface area contributed by atoms with Gasteiger partial charge in [0.2, 0.25) is 0 Å². The maximum atomic E-state index is 12.8. The second-order valence-corrected chi connectivity index (χ2v) is 7.95. The summed E-state index contributed by atoms with van der Waals surface area (Å²) in [6.07, 6.45) is 5.66. The fourth-order valence-electron chi connectivity index (χ4n) is 4.30. The highest BCUT2D eigenvalue weighted by atomic mass is 16.5. The van der Waals surface area contributed by atoms with Crippen LogP contribution in [0.5, 0.6) is 0 Å². The molecule has 8 nitrogen and oxygen atoms in total. The average molecular weight is 415 g/mol. The monoisotopic (exact) mass is 415 g/mol. The molecule has 0 radical (unpaired) electrons. The van der Waals surface area contributed by atoms with E-state index in [1.54, 1.807) is 0 Å². The summed E-state index contributed by atoms with van der Waals surface area (Å²) in [5.74, 6) is -1.67. The van der Waals surface area contributed by atoms with Crippen molar-refractivity contribution in [2.24, 2.45) is 0 Å². The van der Waals surface area contributed by atoms with Crippen molar-refractivity contribution in [2.45, 2.75) is 64.3 Å². The number of carbonyl (C=O) groups excluding carboxylic acids is 4. The van der Waals surface area contributed by atoms with Gasteiger partial charge in [0.25, 0.3) is 11.8 Å². The number of hydrogen-bond acceptors (Lipinski definition) is 5. The van der Waals surface area contributed by atoms with E-state index in [1.807, 2.05) is 32.0 Å². The lowest BCUT2D eigenvalue weighted by atomic mass is 9.88. The first kappa shape index (κ1) is 21.8. The summed E-state index contributed by atoms with van der Waals surface area (Å²) in [6.45, 7) is 2.89. The molecule has 1 heterocycles. The van der Waals surface area contributed by atoms with Crippen molar-refractivity contribution >= 4 is 29.5 Å². The van der Waals surface area contributed by atoms with E-state index in [1.165, 1.54) is 11.1 Å². The van der Waals surface area contributed by atoms with E-state index in [0.29, 0.717) is 18.5 Å². The molecule has 0 atom stereocenters. The minimum absolute atomic E-state index is 0.407. The first-order chi connectivity index (χ1) is 14.4. The summed E-state index contributed by atoms with van der Waals surface area (Å²) in [7, 11) is 0. The normalized spacial score (nSPS) is 16.9. The van der Waals surface area contributed by atoms with Gasteiger partial charge in [0.05, 0.1) is 0 Å². The van der Waals surface area contributed by atoms with Crippen LogP contribution in [0, 0.1) is 0 Å². The molecular formula is C22H29N3O5. The molecule has 4 amide bonds. The Bertz CT molecular complexity index is 845. The van der Waals surface area contributed by atoms with Crippen molar-refractivity contribution < 1.29 is 23.9 Å². The number of benzene rings is 1. The van der Waals surface area contributed by atoms with Gasteiger partial charge in [-0.05, 0) is 55.4 Å². The number of anilines is 1. The number of fused-ring (bicyclic) bond motifs is 1. The molecule has 1 fully saturated rings. The molecule has 1 aromatic rings. The molecule has 3 rings (SSSR count). The Hall–Kier alpha value is -2.90. The maximum absolute atomic E-state index is 12.8. The van der Waals surface area contributed by atoms with Crippen LogP contribution in [0.2, 0.25) is 0 Å². The highest BCUT2D eigenvalue weighted by Gasteiger charge is 2.50. The van der Waals surface area contributed by atoms with E-state index in [-0.39, 0.29) is 0 Å². The van der Waals surface area contributed by atoms with Gasteiger partial charge in [0, 0.05) is 5.69 Å². The van der Waals surface area contributed by atoms with Crippen LogP contribution in [-0.4, -0.2) is 47.4 Å². The minimum atomic E-state index is -0.953. The van der Waals surface area contributed by atoms with Crippen LogP contribution in [0.3, 0.4) is 0 Å². The fraction of sp³-hybridized carbons (Fsp3) is 0.545. The van der Waals surface area contributed by atoms with E-state index in [2.05, 4.69) is 10.6 Å². The molecule has 1 aliphatic heterocycles. The number of imide groups is 1. The van der Waals surface area contributed by atoms with Crippen LogP contribution < -0.4 is 10.6 Å². The van der Waals surface area contributed by atoms with Crippen LogP contribution in [0.15, 0.2) is 18.2 Å². The van der Waals surface area contributed by atoms with Crippen molar-refractivity contribution in [2.75, 3.05) is 18.5 Å². The second kappa shape index (κ2) is 9.28. The van der Waals surface area contributed by atoms with Crippen molar-refractivity contribution in [3.8, 4) is 0 Å². The molecule has 2 aliphatic rings. The molecule has 0 spiro atoms. The van der Waals surface area contributed by atoms with Crippen LogP contribution >= 0.6 is 0 Å². The molecule has 162 valence electrons. The van der Waals surface area contributed by atoms with Crippen LogP contribution in [0.1, 0.15) is 57.1 Å². The third kappa shape index (κ3) is 4.63. The summed E-state index contributed by atoms with van der Waals surface area (Å²) in [5, 5.41) is 5.45. The number of esters is 1. The van der Waals surface area contributed by atoms with E-state index in [4.69, 9.17) is 4.74 Å². The molecule has 0 saturated carbocycles. The zero-order valence-electron chi connectivity index (χ0n) is 17.6. The van der Waals surface area contributed by atoms with Gasteiger partial charge in [-0.25, -0.2) is 4.79 Å². The van der Waals surface area contributed by atoms with Gasteiger partial charge >= 0.3 is 12.0 Å². The summed E-state index contributed by atoms with van der Waals surface area (Å²) >= 11 is 0. The number of carbonyl (C=O) groups is 4. The Kier molecular flexibility index (Phi) is 6.74. The lowest BCUT2D eigenvalue weighted by Gasteiger charge is -2.25. The smallest absolute Gasteiger partial charge is 0.326 e. The van der Waals surface area contributed by atoms with Crippen LogP contribution in [0.4, 0.5) is 10.5 Å². The van der Waals surface area contributed by atoms with Gasteiger partial charge in [-0.15, -0.1) is 0 Å². The van der Waals surface area contributed by atoms with Crippen molar-refractivity contribution in [3.63, 3.8) is 0 Å². The number of urea groups is 1. The zero-order valence-corrected chi connectivity index (χ0v) is 17.6. The Morgan fingerprint density at radius 2 is 1.83 bits per heavy atom. The molecule has 1 saturated heterocycles. The number of nitrogens with zero attached hydrogens (tertiary/aromatic N) is 1. The standard InChI is InChI=1S/C22H29N3O5/c1-3-10-22(11-4-2)20(28)25(21(29)24-22)13-19(27)30-14-18(26)23-17-9-8-15-6-5-7-16(15)12-17/h8-9,12H,3-7,10-11,13-14H2,1-2H3,(H,23,26)(H,24,29). The summed E-state index contributed by atoms with van der Waals surface area (Å²) in [4.78, 5) is 50.2. The van der Waals surface area contributed by atoms with Crippen molar-refractivity contribution in [3.05, 3.63) is 29.3 Å². The molecule has 0 bridgehead atoms. The van der Waals surface area contributed by atoms with Crippen LogP contribution in [-0.2, 0) is 32.0 Å². The number of nitrogens with one attached hydrogen (secondary N) is 2. The largest absolute Gasteiger partial charge is 0.454 e. The highest BCUT2D eigenvalue weighted by Crippen LogP contribution is 2.28. The minimum Gasteiger partial charge on any atom is -0.454 e. The van der Waals surface area contributed by atoms with E-state index < -0.39 is 42.5 Å². The van der Waals surface area contributed by atoms with E-state index in [9.17, 15) is 19.2 Å². The summed E-state index contributed by atoms with van der Waals surface area (Å²) in [6, 6.07) is 5.18. The van der Waals surface area contributed by atoms with Gasteiger partial charge < -0.3 is 15.4 Å². The molecule has 0 aromatic heterocycles. The number of hydrogen-bond donors (Lipinski definition) is 2. The Morgan fingerprint density at radius 1 is 1.13 bits per heavy atom. The molecule has 1 aliphatic carbocycles. The van der Waals surface area contributed by atoms with Crippen molar-refractivity contribution in [1.29, 1.82) is 0 Å². The van der Waals surface area contributed by atoms with Gasteiger partial charge in [-0.1, -0.05) is 32.8 Å². The highest BCUT2D eigenvalue weighted by molar-refractivity contribution is 6.08. The zero-order chi connectivity index (χ0) is 21.7. The summed E-state index contributed by atoms with van der Waals surface area (Å²) in [5.41, 5.74) is 2.24. The second-order valence-electron chi connectivity index (χ2n) is 7.95. The molecule has 2 N–H and O–H groups in total. The lowest BCUT2D eigenvalue weighted by molar-refractivity contribution is -0.150. The maximum Gasteiger partial charge on any atom is 0.326 e. The van der Waals surface area contributed by atoms with E-state index >= 15 is 0 Å². The number of rotatable bonds is 9. The third-order valence-corrected chi connectivity index (χ3v) is 5.63. The molecule has 1 aromatic carbocycles. The predicted molar refractivity (Wildman–Crippen MR) is 111 cm³/mol. The summed E-state index contributed by atoms with van der Waals surface area (Å²) < 4.78 is 4.99. The lowest BCUT2D eigenvalue weighted by Crippen LogP contribution is -2.47. The molecule has 8 heteroatoms.